The van der Waals surface area contributed by atoms with Gasteiger partial charge < -0.3 is 23.4 Å². The van der Waals surface area contributed by atoms with Gasteiger partial charge in [0.25, 0.3) is 0 Å². The largest absolute Gasteiger partial charge is 0.344 e. The predicted molar refractivity (Wildman–Crippen MR) is 82.4 cm³/mol. The van der Waals surface area contributed by atoms with Gasteiger partial charge in [-0.2, -0.15) is 0 Å². The van der Waals surface area contributed by atoms with E-state index in [1.54, 1.807) is 0 Å². The van der Waals surface area contributed by atoms with E-state index >= 15 is 0 Å². The Kier molecular flexibility index (Phi) is 563. The van der Waals surface area contributed by atoms with Gasteiger partial charge in [-0.15, -0.1) is 0 Å². The van der Waals surface area contributed by atoms with Gasteiger partial charge in [0.2, 0.25) is 0 Å². The van der Waals surface area contributed by atoms with E-state index in [0.717, 1.165) is 6.54 Å². The van der Waals surface area contributed by atoms with Crippen LogP contribution < -0.4 is 23.4 Å². The summed E-state index contributed by atoms with van der Waals surface area (Å²) in [4.78, 5) is 0. The fraction of sp³-hybridized carbons (Fsp3) is 1.00. The summed E-state index contributed by atoms with van der Waals surface area (Å²) in [5, 5.41) is 0. The molecule has 0 aromatic carbocycles. The first-order chi connectivity index (χ1) is 5.24. The van der Waals surface area contributed by atoms with E-state index in [-0.39, 0.29) is 27.7 Å². The minimum Gasteiger partial charge on any atom is -0.344 e. The fourth-order valence-corrected chi connectivity index (χ4v) is 0. The Morgan fingerprint density at radius 2 is 0.929 bits per heavy atom. The molecule has 98 valence electrons. The van der Waals surface area contributed by atoms with Crippen LogP contribution in [0.5, 0.6) is 0 Å². The normalized spacial score (nSPS) is 4.29. The van der Waals surface area contributed by atoms with Gasteiger partial charge in [-0.05, 0) is 11.0 Å². The highest BCUT2D eigenvalue weighted by atomic mass is 127. The molecule has 0 unspecified atom stereocenters. The zero-order chi connectivity index (χ0) is 10.1. The van der Waals surface area contributed by atoms with E-state index in [0.29, 0.717) is 0 Å². The van der Waals surface area contributed by atoms with Gasteiger partial charge in [-0.25, -0.2) is 0 Å². The first-order valence-electron chi connectivity index (χ1n) is 3.91. The van der Waals surface area contributed by atoms with Crippen molar-refractivity contribution >= 4 is 22.6 Å². The van der Waals surface area contributed by atoms with Crippen LogP contribution in [0.25, 0.3) is 0 Å². The van der Waals surface area contributed by atoms with Crippen molar-refractivity contribution < 1.29 is 0 Å². The van der Waals surface area contributed by atoms with Crippen LogP contribution in [0.4, 0.5) is 0 Å². The monoisotopic (exact) mass is 326 g/mol. The first kappa shape index (κ1) is 46.8. The second kappa shape index (κ2) is 168. The summed E-state index contributed by atoms with van der Waals surface area (Å²) in [5.41, 5.74) is 14.1. The minimum absolute atomic E-state index is 0. The summed E-state index contributed by atoms with van der Waals surface area (Å²) in [7, 11) is 0. The third-order valence-corrected chi connectivity index (χ3v) is 0. The molecule has 0 aliphatic rings. The van der Waals surface area contributed by atoms with Gasteiger partial charge in [0, 0.05) is 6.67 Å². The van der Waals surface area contributed by atoms with Crippen molar-refractivity contribution in [1.82, 2.24) is 6.15 Å². The molecular formula is C9H35IN4. The number of halogens is 1. The molecule has 0 saturated carbocycles. The van der Waals surface area contributed by atoms with E-state index in [2.05, 4.69) is 41.0 Å². The Labute approximate surface area is 106 Å². The van der Waals surface area contributed by atoms with Crippen molar-refractivity contribution in [1.29, 1.82) is 0 Å². The highest BCUT2D eigenvalue weighted by Gasteiger charge is 1.38. The van der Waals surface area contributed by atoms with Crippen LogP contribution in [0.1, 0.15) is 42.5 Å². The maximum absolute atomic E-state index is 4.85. The molecule has 0 aromatic heterocycles. The van der Waals surface area contributed by atoms with Crippen molar-refractivity contribution in [2.45, 2.75) is 42.5 Å². The Morgan fingerprint density at radius 3 is 0.929 bits per heavy atom. The number of alkyl halides is 1. The molecule has 0 rings (SSSR count). The molecule has 0 aliphatic heterocycles. The molecule has 0 bridgehead atoms. The Balaban J connectivity index is -0.00000000880. The Hall–Kier alpha value is 0.570. The van der Waals surface area contributed by atoms with Crippen LogP contribution in [0.2, 0.25) is 0 Å². The van der Waals surface area contributed by atoms with Crippen molar-refractivity contribution in [3.8, 4) is 0 Å². The summed E-state index contributed by atoms with van der Waals surface area (Å²) < 4.78 is 1.22. The number of hydrogen-bond donors (Lipinski definition) is 4. The van der Waals surface area contributed by atoms with Crippen LogP contribution in [0, 0.1) is 0 Å². The van der Waals surface area contributed by atoms with Gasteiger partial charge in [0.15, 0.2) is 0 Å². The molecule has 0 fully saturated rings. The van der Waals surface area contributed by atoms with Gasteiger partial charge in [-0.3, -0.25) is 0 Å². The van der Waals surface area contributed by atoms with Crippen molar-refractivity contribution in [3.05, 3.63) is 0 Å². The van der Waals surface area contributed by atoms with E-state index in [1.165, 1.54) is 4.43 Å². The maximum Gasteiger partial charge on any atom is 0.0403 e. The summed E-state index contributed by atoms with van der Waals surface area (Å²) in [6.45, 7) is 9.01. The lowest BCUT2D eigenvalue weighted by Crippen LogP contribution is -2.08. The molecule has 0 saturated heterocycles. The van der Waals surface area contributed by atoms with E-state index in [4.69, 9.17) is 5.73 Å². The van der Waals surface area contributed by atoms with Crippen LogP contribution in [-0.2, 0) is 0 Å². The lowest BCUT2D eigenvalue weighted by atomic mass is 10.8. The number of nitrogens with two attached hydrogens (primary N) is 3. The molecule has 0 radical (unpaired) electrons. The Bertz CT molecular complexity index is 21.5. The smallest absolute Gasteiger partial charge is 0.0403 e. The molecule has 5 heteroatoms. The highest BCUT2D eigenvalue weighted by molar-refractivity contribution is 14.1. The van der Waals surface area contributed by atoms with Crippen molar-refractivity contribution in [3.63, 3.8) is 0 Å². The van der Waals surface area contributed by atoms with Crippen LogP contribution in [0.15, 0.2) is 0 Å². The molecule has 0 spiro atoms. The van der Waals surface area contributed by atoms with Crippen LogP contribution in [0.3, 0.4) is 0 Å². The zero-order valence-electron chi connectivity index (χ0n) is 8.94. The van der Waals surface area contributed by atoms with Gasteiger partial charge in [-0.1, -0.05) is 65.1 Å². The summed E-state index contributed by atoms with van der Waals surface area (Å²) >= 11 is 2.29. The van der Waals surface area contributed by atoms with Crippen LogP contribution in [-0.4, -0.2) is 17.6 Å². The Morgan fingerprint density at radius 1 is 0.929 bits per heavy atom. The van der Waals surface area contributed by atoms with Gasteiger partial charge in [0.1, 0.15) is 0 Å². The summed E-state index contributed by atoms with van der Waals surface area (Å²) in [6.07, 6.45) is 0. The molecule has 0 atom stereocenters. The zero-order valence-corrected chi connectivity index (χ0v) is 11.1. The SMILES string of the molecule is C.C.CC.CCI.CCN.N.NCN. The predicted octanol–water partition coefficient (Wildman–Crippen LogP) is 2.73. The minimum atomic E-state index is 0. The quantitative estimate of drug-likeness (QED) is 0.311. The van der Waals surface area contributed by atoms with E-state index in [9.17, 15) is 0 Å². The van der Waals surface area contributed by atoms with Gasteiger partial charge in [0.05, 0.1) is 0 Å². The van der Waals surface area contributed by atoms with E-state index in [1.807, 2.05) is 20.8 Å². The lowest BCUT2D eigenvalue weighted by Gasteiger charge is -1.56. The van der Waals surface area contributed by atoms with Gasteiger partial charge >= 0.3 is 0 Å². The third kappa shape index (κ3) is 5180. The molecule has 9 N–H and O–H groups in total. The number of rotatable bonds is 0. The maximum atomic E-state index is 4.85. The molecule has 0 aliphatic carbocycles. The average Bonchev–Trinajstić information content (AvgIpc) is 1.96. The number of hydrogen-bond acceptors (Lipinski definition) is 4. The second-order valence-electron chi connectivity index (χ2n) is 0.911. The lowest BCUT2D eigenvalue weighted by molar-refractivity contribution is 1.07. The molecule has 4 nitrogen and oxygen atoms in total. The fourth-order valence-electron chi connectivity index (χ4n) is 0. The highest BCUT2D eigenvalue weighted by Crippen LogP contribution is 1.69. The van der Waals surface area contributed by atoms with Crippen LogP contribution >= 0.6 is 22.6 Å². The van der Waals surface area contributed by atoms with Crippen molar-refractivity contribution in [2.24, 2.45) is 17.2 Å². The molecular weight excluding hydrogens is 291 g/mol. The standard InChI is InChI=1S/C2H5I.C2H7N.C2H6.CH6N2.2CH4.H3N/c2*1-2-3;1-2;2-1-3;;;/h2H2,1H3;2-3H2,1H3;1-2H3;1-3H2;2*1H4;1H3. The molecule has 14 heavy (non-hydrogen) atoms. The summed E-state index contributed by atoms with van der Waals surface area (Å²) in [5.74, 6) is 0. The third-order valence-electron chi connectivity index (χ3n) is 0. The topological polar surface area (TPSA) is 113 Å². The van der Waals surface area contributed by atoms with E-state index < -0.39 is 0 Å². The summed E-state index contributed by atoms with van der Waals surface area (Å²) in [6, 6.07) is 0. The second-order valence-corrected chi connectivity index (χ2v) is 2.44. The molecule has 0 amide bonds. The molecule has 0 aromatic rings. The van der Waals surface area contributed by atoms with Crippen molar-refractivity contribution in [2.75, 3.05) is 17.6 Å². The molecule has 0 heterocycles. The average molecular weight is 326 g/mol. The first-order valence-corrected chi connectivity index (χ1v) is 5.43.